The standard InChI is InChI=1S/C37H45NO13/c1-15-11-10-13-36(7)35(46)38-25-30(44)29(43)22-23(33(25)50-36)28(42)19(5)32-24(22)34(45)37(8,51-32)48-14-12-21(47-9)16(2)31(49-20(6)39)18(4)27(41)17(3)26(15)40/h10-14,16-18,21,26-27,31,40-44H,1-9H3,(H,38,46)/t16-,17-,18-,21+,26-,27-,31-,36+,37+/m1/s1. The van der Waals surface area contributed by atoms with E-state index < -0.39 is 88.5 Å². The minimum atomic E-state index is -2.03. The van der Waals surface area contributed by atoms with E-state index in [4.69, 9.17) is 23.7 Å². The van der Waals surface area contributed by atoms with E-state index in [1.807, 2.05) is 0 Å². The lowest BCUT2D eigenvalue weighted by Crippen LogP contribution is -2.47. The predicted octanol–water partition coefficient (Wildman–Crippen LogP) is 4.27. The second kappa shape index (κ2) is 13.4. The number of fused-ring (bicyclic) bond motifs is 2. The number of phenolic OH excluding ortho intramolecular Hbond substituents is 3. The summed E-state index contributed by atoms with van der Waals surface area (Å²) >= 11 is 0. The zero-order valence-corrected chi connectivity index (χ0v) is 29.9. The lowest BCUT2D eigenvalue weighted by molar-refractivity contribution is -0.160. The smallest absolute Gasteiger partial charge is 0.312 e. The number of phenols is 3. The Morgan fingerprint density at radius 3 is 2.22 bits per heavy atom. The molecule has 1 amide bonds. The number of rotatable bonds is 2. The number of ketones is 1. The van der Waals surface area contributed by atoms with E-state index >= 15 is 0 Å². The molecule has 0 radical (unpaired) electrons. The van der Waals surface area contributed by atoms with Crippen LogP contribution in [-0.2, 0) is 23.8 Å². The van der Waals surface area contributed by atoms with E-state index in [-0.39, 0.29) is 39.1 Å². The maximum Gasteiger partial charge on any atom is 0.312 e. The number of aliphatic hydroxyl groups excluding tert-OH is 2. The second-order valence-electron chi connectivity index (χ2n) is 13.9. The van der Waals surface area contributed by atoms with Crippen LogP contribution >= 0.6 is 0 Å². The summed E-state index contributed by atoms with van der Waals surface area (Å²) < 4.78 is 29.4. The highest BCUT2D eigenvalue weighted by Crippen LogP contribution is 2.59. The molecule has 0 unspecified atom stereocenters. The monoisotopic (exact) mass is 711 g/mol. The summed E-state index contributed by atoms with van der Waals surface area (Å²) in [5, 5.41) is 58.6. The molecule has 0 saturated carbocycles. The van der Waals surface area contributed by atoms with Gasteiger partial charge in [-0.25, -0.2) is 0 Å². The molecule has 2 aromatic rings. The van der Waals surface area contributed by atoms with E-state index in [9.17, 15) is 39.9 Å². The lowest BCUT2D eigenvalue weighted by Gasteiger charge is -2.37. The van der Waals surface area contributed by atoms with Crippen LogP contribution in [0.4, 0.5) is 5.69 Å². The SMILES string of the molecule is CO[C@H]1C=CO[C@@]2(C)Oc3c(C)c(O)c4c5c(c(O)c(O)c4c3C2=O)NC(=O)[C@](C)(C=CC=C(C)[C@@H](O)[C@@H](C)[C@@H](O)[C@@H](C)[C@H](OC(C)=O)[C@@H]1C)O5. The van der Waals surface area contributed by atoms with Gasteiger partial charge in [0.05, 0.1) is 35.5 Å². The van der Waals surface area contributed by atoms with Crippen molar-refractivity contribution in [2.75, 3.05) is 12.4 Å². The fourth-order valence-electron chi connectivity index (χ4n) is 7.02. The maximum atomic E-state index is 14.1. The highest BCUT2D eigenvalue weighted by molar-refractivity contribution is 6.23. The number of methoxy groups -OCH3 is 1. The number of allylic oxidation sites excluding steroid dienone is 2. The lowest BCUT2D eigenvalue weighted by atomic mass is 9.79. The first kappa shape index (κ1) is 37.5. The quantitative estimate of drug-likeness (QED) is 0.190. The third-order valence-corrected chi connectivity index (χ3v) is 10.3. The molecule has 2 aromatic carbocycles. The molecule has 0 aromatic heterocycles. The van der Waals surface area contributed by atoms with Crippen LogP contribution in [0.25, 0.3) is 10.8 Å². The van der Waals surface area contributed by atoms with Crippen molar-refractivity contribution in [1.29, 1.82) is 0 Å². The fraction of sp³-hybridized carbons (Fsp3) is 0.486. The number of hydrogen-bond acceptors (Lipinski definition) is 13. The van der Waals surface area contributed by atoms with Crippen LogP contribution in [0.3, 0.4) is 0 Å². The first-order valence-electron chi connectivity index (χ1n) is 16.6. The Morgan fingerprint density at radius 1 is 0.922 bits per heavy atom. The van der Waals surface area contributed by atoms with Crippen LogP contribution in [0, 0.1) is 24.7 Å². The largest absolute Gasteiger partial charge is 0.507 e. The molecule has 0 aliphatic carbocycles. The normalized spacial score (nSPS) is 32.5. The van der Waals surface area contributed by atoms with Gasteiger partial charge in [-0.2, -0.15) is 0 Å². The van der Waals surface area contributed by atoms with Gasteiger partial charge in [0.15, 0.2) is 17.2 Å². The zero-order valence-electron chi connectivity index (χ0n) is 29.9. The zero-order chi connectivity index (χ0) is 37.9. The molecule has 0 saturated heterocycles. The van der Waals surface area contributed by atoms with Crippen molar-refractivity contribution >= 4 is 34.1 Å². The van der Waals surface area contributed by atoms with Crippen molar-refractivity contribution in [1.82, 2.24) is 0 Å². The highest BCUT2D eigenvalue weighted by atomic mass is 16.7. The van der Waals surface area contributed by atoms with Crippen LogP contribution in [-0.4, -0.2) is 86.1 Å². The van der Waals surface area contributed by atoms with Gasteiger partial charge < -0.3 is 54.5 Å². The van der Waals surface area contributed by atoms with E-state index in [1.165, 1.54) is 65.4 Å². The van der Waals surface area contributed by atoms with Crippen LogP contribution in [0.5, 0.6) is 28.7 Å². The molecule has 14 heteroatoms. The summed E-state index contributed by atoms with van der Waals surface area (Å²) in [5.41, 5.74) is -1.76. The Morgan fingerprint density at radius 2 is 1.59 bits per heavy atom. The van der Waals surface area contributed by atoms with E-state index in [0.717, 1.165) is 0 Å². The topological polar surface area (TPSA) is 211 Å². The van der Waals surface area contributed by atoms with E-state index in [0.29, 0.717) is 5.57 Å². The molecule has 3 aliphatic rings. The molecule has 276 valence electrons. The number of carbonyl (C=O) groups excluding carboxylic acids is 3. The first-order chi connectivity index (χ1) is 23.8. The van der Waals surface area contributed by atoms with Gasteiger partial charge >= 0.3 is 11.8 Å². The number of Topliss-reactive ketones (excluding diaryl/α,β-unsaturated/α-hetero) is 1. The number of benzene rings is 2. The molecule has 0 spiro atoms. The molecule has 5 rings (SSSR count). The summed E-state index contributed by atoms with van der Waals surface area (Å²) in [5.74, 6) is -8.54. The number of nitrogens with one attached hydrogen (secondary N) is 1. The third kappa shape index (κ3) is 6.14. The van der Waals surface area contributed by atoms with Gasteiger partial charge in [0.25, 0.3) is 11.7 Å². The molecule has 9 atom stereocenters. The molecule has 3 aliphatic heterocycles. The fourth-order valence-corrected chi connectivity index (χ4v) is 7.02. The number of hydrogen-bond donors (Lipinski definition) is 6. The van der Waals surface area contributed by atoms with E-state index in [2.05, 4.69) is 5.32 Å². The summed E-state index contributed by atoms with van der Waals surface area (Å²) in [6.45, 7) is 12.2. The molecule has 6 bridgehead atoms. The number of anilines is 1. The average molecular weight is 712 g/mol. The third-order valence-electron chi connectivity index (χ3n) is 10.3. The Bertz CT molecular complexity index is 1880. The van der Waals surface area contributed by atoms with Crippen LogP contribution in [0.1, 0.15) is 64.4 Å². The number of aliphatic hydroxyl groups is 2. The average Bonchev–Trinajstić information content (AvgIpc) is 3.34. The van der Waals surface area contributed by atoms with Gasteiger partial charge in [0.2, 0.25) is 5.60 Å². The minimum Gasteiger partial charge on any atom is -0.507 e. The molecular weight excluding hydrogens is 666 g/mol. The highest BCUT2D eigenvalue weighted by Gasteiger charge is 2.51. The van der Waals surface area contributed by atoms with Crippen molar-refractivity contribution < 1.29 is 63.6 Å². The Labute approximate surface area is 294 Å². The predicted molar refractivity (Wildman–Crippen MR) is 184 cm³/mol. The van der Waals surface area contributed by atoms with Crippen molar-refractivity contribution in [2.24, 2.45) is 17.8 Å². The minimum absolute atomic E-state index is 0.0902. The Hall–Kier alpha value is -4.79. The second-order valence-corrected chi connectivity index (χ2v) is 13.9. The molecule has 3 heterocycles. The Kier molecular flexibility index (Phi) is 9.84. The number of esters is 1. The number of carbonyl (C=O) groups is 3. The Balaban J connectivity index is 1.73. The van der Waals surface area contributed by atoms with Crippen LogP contribution < -0.4 is 14.8 Å². The van der Waals surface area contributed by atoms with Crippen molar-refractivity contribution in [2.45, 2.75) is 91.2 Å². The number of amides is 1. The first-order valence-corrected chi connectivity index (χ1v) is 16.6. The summed E-state index contributed by atoms with van der Waals surface area (Å²) in [7, 11) is 1.42. The number of ether oxygens (including phenoxy) is 5. The van der Waals surface area contributed by atoms with Gasteiger partial charge in [-0.05, 0) is 38.5 Å². The molecule has 0 fully saturated rings. The maximum absolute atomic E-state index is 14.1. The van der Waals surface area contributed by atoms with Crippen LogP contribution in [0.15, 0.2) is 36.1 Å². The van der Waals surface area contributed by atoms with Crippen molar-refractivity contribution in [3.63, 3.8) is 0 Å². The molecule has 14 nitrogen and oxygen atoms in total. The van der Waals surface area contributed by atoms with Gasteiger partial charge in [-0.15, -0.1) is 0 Å². The van der Waals surface area contributed by atoms with Gasteiger partial charge in [-0.3, -0.25) is 14.4 Å². The number of aromatic hydroxyl groups is 3. The summed E-state index contributed by atoms with van der Waals surface area (Å²) in [6, 6.07) is 0. The van der Waals surface area contributed by atoms with Crippen molar-refractivity contribution in [3.8, 4) is 28.7 Å². The molecular formula is C37H45NO13. The van der Waals surface area contributed by atoms with Crippen LogP contribution in [0.2, 0.25) is 0 Å². The molecule has 51 heavy (non-hydrogen) atoms. The van der Waals surface area contributed by atoms with Gasteiger partial charge in [0.1, 0.15) is 23.3 Å². The van der Waals surface area contributed by atoms with E-state index in [1.54, 1.807) is 27.7 Å². The van der Waals surface area contributed by atoms with Gasteiger partial charge in [-0.1, -0.05) is 32.9 Å². The van der Waals surface area contributed by atoms with Gasteiger partial charge in [0, 0.05) is 49.7 Å². The molecule has 6 N–H and O–H groups in total. The van der Waals surface area contributed by atoms with Crippen molar-refractivity contribution in [3.05, 3.63) is 47.3 Å². The summed E-state index contributed by atoms with van der Waals surface area (Å²) in [6.07, 6.45) is 3.06. The summed E-state index contributed by atoms with van der Waals surface area (Å²) in [4.78, 5) is 39.7.